The number of ether oxygens (including phenoxy) is 1. The van der Waals surface area contributed by atoms with Gasteiger partial charge in [0.05, 0.1) is 12.2 Å². The van der Waals surface area contributed by atoms with Crippen LogP contribution in [0.3, 0.4) is 0 Å². The minimum Gasteiger partial charge on any atom is -0.375 e. The van der Waals surface area contributed by atoms with E-state index in [-0.39, 0.29) is 23.5 Å². The molecule has 1 N–H and O–H groups in total. The van der Waals surface area contributed by atoms with Crippen molar-refractivity contribution in [2.45, 2.75) is 55.3 Å². The van der Waals surface area contributed by atoms with Crippen LogP contribution in [0.4, 0.5) is 17.6 Å². The molecule has 0 aromatic rings. The van der Waals surface area contributed by atoms with Gasteiger partial charge < -0.3 is 4.74 Å². The second-order valence-corrected chi connectivity index (χ2v) is 8.69. The first-order valence-electron chi connectivity index (χ1n) is 7.77. The van der Waals surface area contributed by atoms with E-state index in [2.05, 4.69) is 0 Å². The smallest absolute Gasteiger partial charge is 0.375 e. The molecule has 4 fully saturated rings. The molecule has 2 atom stereocenters. The summed E-state index contributed by atoms with van der Waals surface area (Å²) >= 11 is 0. The van der Waals surface area contributed by atoms with E-state index < -0.39 is 39.9 Å². The predicted molar refractivity (Wildman–Crippen MR) is 73.3 cm³/mol. The van der Waals surface area contributed by atoms with E-state index in [1.54, 1.807) is 0 Å². The summed E-state index contributed by atoms with van der Waals surface area (Å²) in [4.78, 5) is 12.0. The first-order valence-corrected chi connectivity index (χ1v) is 9.21. The van der Waals surface area contributed by atoms with E-state index in [0.29, 0.717) is 19.3 Å². The third kappa shape index (κ3) is 2.76. The van der Waals surface area contributed by atoms with Gasteiger partial charge in [-0.3, -0.25) is 9.35 Å². The van der Waals surface area contributed by atoms with Crippen LogP contribution in [0.25, 0.3) is 0 Å². The lowest BCUT2D eigenvalue weighted by Gasteiger charge is -2.55. The fourth-order valence-corrected chi connectivity index (χ4v) is 5.06. The standard InChI is InChI=1S/C14H18F4O5S/c15-13(16,14(17,18)24(20,21)22)1-2-23-12-5-8-3-9(6-12)11(19)10(4-8)7-12/h8-10H,1-7H2,(H,20,21,22). The van der Waals surface area contributed by atoms with Crippen molar-refractivity contribution in [2.75, 3.05) is 6.61 Å². The Morgan fingerprint density at radius 2 is 1.67 bits per heavy atom. The summed E-state index contributed by atoms with van der Waals surface area (Å²) in [6.07, 6.45) is 1.40. The van der Waals surface area contributed by atoms with Crippen LogP contribution < -0.4 is 0 Å². The minimum absolute atomic E-state index is 0.156. The van der Waals surface area contributed by atoms with Crippen molar-refractivity contribution < 1.29 is 40.1 Å². The highest BCUT2D eigenvalue weighted by molar-refractivity contribution is 7.87. The van der Waals surface area contributed by atoms with Crippen LogP contribution in [0.5, 0.6) is 0 Å². The van der Waals surface area contributed by atoms with Gasteiger partial charge in [-0.2, -0.15) is 26.0 Å². The zero-order valence-electron chi connectivity index (χ0n) is 12.7. The molecule has 4 aliphatic carbocycles. The van der Waals surface area contributed by atoms with Gasteiger partial charge in [0, 0.05) is 18.3 Å². The third-order valence-corrected chi connectivity index (χ3v) is 6.46. The SMILES string of the molecule is O=C1C2CC3CC1CC(OCCC(F)(F)C(F)(F)S(=O)(=O)O)(C3)C2. The molecule has 0 aliphatic heterocycles. The van der Waals surface area contributed by atoms with Gasteiger partial charge in [0.1, 0.15) is 5.78 Å². The summed E-state index contributed by atoms with van der Waals surface area (Å²) < 4.78 is 88.0. The van der Waals surface area contributed by atoms with E-state index in [9.17, 15) is 30.8 Å². The van der Waals surface area contributed by atoms with Crippen molar-refractivity contribution in [3.8, 4) is 0 Å². The van der Waals surface area contributed by atoms with Crippen LogP contribution in [-0.2, 0) is 19.6 Å². The number of halogens is 4. The molecule has 4 rings (SSSR count). The van der Waals surface area contributed by atoms with Gasteiger partial charge in [0.2, 0.25) is 0 Å². The topological polar surface area (TPSA) is 80.7 Å². The molecule has 4 bridgehead atoms. The maximum Gasteiger partial charge on any atom is 0.431 e. The number of ketones is 1. The van der Waals surface area contributed by atoms with Crippen LogP contribution in [0, 0.1) is 17.8 Å². The predicted octanol–water partition coefficient (Wildman–Crippen LogP) is 2.66. The van der Waals surface area contributed by atoms with Gasteiger partial charge in [-0.25, -0.2) is 0 Å². The first kappa shape index (κ1) is 18.1. The van der Waals surface area contributed by atoms with Crippen molar-refractivity contribution in [1.82, 2.24) is 0 Å². The lowest BCUT2D eigenvalue weighted by Crippen LogP contribution is -2.56. The molecule has 0 amide bonds. The first-order chi connectivity index (χ1) is 10.9. The zero-order valence-corrected chi connectivity index (χ0v) is 13.5. The molecule has 0 radical (unpaired) electrons. The molecule has 24 heavy (non-hydrogen) atoms. The van der Waals surface area contributed by atoms with Gasteiger partial charge in [-0.05, 0) is 38.0 Å². The molecule has 4 aliphatic rings. The molecule has 0 spiro atoms. The minimum atomic E-state index is -6.23. The molecule has 5 nitrogen and oxygen atoms in total. The third-order valence-electron chi connectivity index (χ3n) is 5.51. The number of hydrogen-bond acceptors (Lipinski definition) is 4. The molecule has 0 heterocycles. The van der Waals surface area contributed by atoms with Crippen molar-refractivity contribution in [3.63, 3.8) is 0 Å². The molecule has 0 aromatic carbocycles. The average molecular weight is 374 g/mol. The number of alkyl halides is 4. The Kier molecular flexibility index (Phi) is 4.05. The summed E-state index contributed by atoms with van der Waals surface area (Å²) in [7, 11) is -6.23. The second-order valence-electron chi connectivity index (χ2n) is 7.22. The Balaban J connectivity index is 1.64. The van der Waals surface area contributed by atoms with Gasteiger partial charge in [-0.1, -0.05) is 0 Å². The number of carbonyl (C=O) groups excluding carboxylic acids is 1. The van der Waals surface area contributed by atoms with Crippen molar-refractivity contribution >= 4 is 15.9 Å². The van der Waals surface area contributed by atoms with Crippen LogP contribution in [0.15, 0.2) is 0 Å². The molecule has 10 heteroatoms. The van der Waals surface area contributed by atoms with Crippen LogP contribution in [0.2, 0.25) is 0 Å². The van der Waals surface area contributed by atoms with E-state index in [1.165, 1.54) is 0 Å². The maximum absolute atomic E-state index is 13.5. The number of hydrogen-bond donors (Lipinski definition) is 1. The summed E-state index contributed by atoms with van der Waals surface area (Å²) in [6, 6.07) is 0. The molecule has 0 aromatic heterocycles. The van der Waals surface area contributed by atoms with E-state index in [0.717, 1.165) is 12.8 Å². The Hall–Kier alpha value is -0.740. The van der Waals surface area contributed by atoms with E-state index in [4.69, 9.17) is 9.29 Å². The van der Waals surface area contributed by atoms with Crippen LogP contribution in [-0.4, -0.2) is 42.1 Å². The second kappa shape index (κ2) is 5.38. The van der Waals surface area contributed by atoms with Gasteiger partial charge in [-0.15, -0.1) is 0 Å². The molecule has 2 unspecified atom stereocenters. The van der Waals surface area contributed by atoms with E-state index >= 15 is 0 Å². The Bertz CT molecular complexity index is 630. The lowest BCUT2D eigenvalue weighted by molar-refractivity contribution is -0.199. The van der Waals surface area contributed by atoms with Gasteiger partial charge >= 0.3 is 21.3 Å². The molecular weight excluding hydrogens is 356 g/mol. The molecular formula is C14H18F4O5S. The highest BCUT2D eigenvalue weighted by atomic mass is 32.2. The highest BCUT2D eigenvalue weighted by Crippen LogP contribution is 2.55. The largest absolute Gasteiger partial charge is 0.431 e. The van der Waals surface area contributed by atoms with Crippen molar-refractivity contribution in [2.24, 2.45) is 17.8 Å². The van der Waals surface area contributed by atoms with Gasteiger partial charge in [0.15, 0.2) is 0 Å². The summed E-state index contributed by atoms with van der Waals surface area (Å²) in [6.45, 7) is -0.765. The highest BCUT2D eigenvalue weighted by Gasteiger charge is 2.65. The van der Waals surface area contributed by atoms with Crippen LogP contribution >= 0.6 is 0 Å². The van der Waals surface area contributed by atoms with Gasteiger partial charge in [0.25, 0.3) is 0 Å². The average Bonchev–Trinajstić information content (AvgIpc) is 2.42. The molecule has 0 saturated heterocycles. The van der Waals surface area contributed by atoms with Crippen molar-refractivity contribution in [3.05, 3.63) is 0 Å². The van der Waals surface area contributed by atoms with Crippen molar-refractivity contribution in [1.29, 1.82) is 0 Å². The fraction of sp³-hybridized carbons (Fsp3) is 0.929. The lowest BCUT2D eigenvalue weighted by atomic mass is 9.53. The molecule has 138 valence electrons. The molecule has 4 saturated carbocycles. The zero-order chi connectivity index (χ0) is 18.0. The normalized spacial score (nSPS) is 36.4. The summed E-state index contributed by atoms with van der Waals surface area (Å²) in [5.74, 6) is -4.81. The number of Topliss-reactive ketones (excluding diaryl/α,β-unsaturated/α-hetero) is 1. The maximum atomic E-state index is 13.5. The fourth-order valence-electron chi connectivity index (χ4n) is 4.58. The van der Waals surface area contributed by atoms with E-state index in [1.807, 2.05) is 0 Å². The quantitative estimate of drug-likeness (QED) is 0.571. The van der Waals surface area contributed by atoms with Crippen LogP contribution in [0.1, 0.15) is 38.5 Å². The summed E-state index contributed by atoms with van der Waals surface area (Å²) in [5.41, 5.74) is -0.756. The monoisotopic (exact) mass is 374 g/mol. The number of carbonyl (C=O) groups is 1. The summed E-state index contributed by atoms with van der Waals surface area (Å²) in [5, 5.41) is -5.57. The Labute approximate surface area is 136 Å². The Morgan fingerprint density at radius 3 is 2.17 bits per heavy atom. The number of rotatable bonds is 6. The Morgan fingerprint density at radius 1 is 1.12 bits per heavy atom.